The van der Waals surface area contributed by atoms with Crippen LogP contribution in [0.4, 0.5) is 22.7 Å². The summed E-state index contributed by atoms with van der Waals surface area (Å²) in [6.07, 6.45) is 1.18. The summed E-state index contributed by atoms with van der Waals surface area (Å²) < 4.78 is 30.6. The van der Waals surface area contributed by atoms with Gasteiger partial charge < -0.3 is 9.50 Å². The molecule has 3 aromatic rings. The maximum atomic E-state index is 12.7. The van der Waals surface area contributed by atoms with Crippen molar-refractivity contribution in [3.63, 3.8) is 0 Å². The van der Waals surface area contributed by atoms with Crippen LogP contribution in [0.5, 0.6) is 5.75 Å². The first kappa shape index (κ1) is 24.8. The summed E-state index contributed by atoms with van der Waals surface area (Å²) in [5, 5.41) is 28.5. The van der Waals surface area contributed by atoms with E-state index in [0.717, 1.165) is 18.2 Å². The molecule has 180 valence electrons. The number of nitro benzene ring substituents is 2. The predicted molar refractivity (Wildman–Crippen MR) is 126 cm³/mol. The van der Waals surface area contributed by atoms with Crippen molar-refractivity contribution in [2.24, 2.45) is 5.10 Å². The van der Waals surface area contributed by atoms with E-state index in [1.54, 1.807) is 6.07 Å². The molecule has 0 saturated carbocycles. The Balaban J connectivity index is 1.80. The van der Waals surface area contributed by atoms with Gasteiger partial charge in [0, 0.05) is 24.2 Å². The Morgan fingerprint density at radius 1 is 1.00 bits per heavy atom. The third kappa shape index (κ3) is 6.35. The summed E-state index contributed by atoms with van der Waals surface area (Å²) >= 11 is 0. The Labute approximate surface area is 198 Å². The number of non-ortho nitro benzene ring substituents is 1. The molecule has 0 aliphatic rings. The molecule has 0 saturated heterocycles. The number of nitro groups is 2. The van der Waals surface area contributed by atoms with Crippen LogP contribution in [0, 0.1) is 20.2 Å². The van der Waals surface area contributed by atoms with Crippen LogP contribution in [0.2, 0.25) is 0 Å². The Bertz CT molecular complexity index is 1420. The van der Waals surface area contributed by atoms with E-state index in [0.29, 0.717) is 5.69 Å². The molecular formula is C21H17N5O8S. The number of hydrogen-bond donors (Lipinski definition) is 2. The average molecular weight is 499 g/mol. The zero-order valence-corrected chi connectivity index (χ0v) is 18.8. The summed E-state index contributed by atoms with van der Waals surface area (Å²) in [5.74, 6) is -0.375. The molecule has 0 unspecified atom stereocenters. The Kier molecular flexibility index (Phi) is 7.36. The van der Waals surface area contributed by atoms with Crippen molar-refractivity contribution >= 4 is 45.0 Å². The van der Waals surface area contributed by atoms with Gasteiger partial charge in [0.2, 0.25) is 5.91 Å². The molecule has 2 N–H and O–H groups in total. The number of para-hydroxylation sites is 1. The number of amides is 1. The first-order valence-corrected chi connectivity index (χ1v) is 11.1. The first-order chi connectivity index (χ1) is 16.6. The van der Waals surface area contributed by atoms with E-state index < -0.39 is 31.3 Å². The number of nitrogens with one attached hydrogen (secondary N) is 2. The summed E-state index contributed by atoms with van der Waals surface area (Å²) in [4.78, 5) is 31.5. The predicted octanol–water partition coefficient (Wildman–Crippen LogP) is 3.68. The van der Waals surface area contributed by atoms with Crippen molar-refractivity contribution < 1.29 is 27.2 Å². The van der Waals surface area contributed by atoms with E-state index in [4.69, 9.17) is 4.18 Å². The third-order valence-corrected chi connectivity index (χ3v) is 5.61. The van der Waals surface area contributed by atoms with Gasteiger partial charge in [-0.1, -0.05) is 12.1 Å². The molecule has 0 fully saturated rings. The van der Waals surface area contributed by atoms with Crippen molar-refractivity contribution in [1.29, 1.82) is 0 Å². The lowest BCUT2D eigenvalue weighted by molar-refractivity contribution is -0.393. The third-order valence-electron chi connectivity index (χ3n) is 4.36. The normalized spacial score (nSPS) is 11.1. The standard InChI is InChI=1S/C21H17N5O8S/c1-14(27)23-16-6-9-18(10-7-16)35(32,33)34-21-5-3-2-4-15(21)13-22-24-19-11-8-17(25(28)29)12-20(19)26(30)31/h2-13,24H,1H3,(H,23,27)/b22-13-. The van der Waals surface area contributed by atoms with Crippen LogP contribution in [0.15, 0.2) is 76.7 Å². The maximum absolute atomic E-state index is 12.7. The highest BCUT2D eigenvalue weighted by atomic mass is 32.2. The number of hydrogen-bond acceptors (Lipinski definition) is 10. The molecule has 3 rings (SSSR count). The molecule has 0 atom stereocenters. The zero-order valence-electron chi connectivity index (χ0n) is 17.9. The van der Waals surface area contributed by atoms with E-state index in [-0.39, 0.29) is 27.8 Å². The second kappa shape index (κ2) is 10.4. The van der Waals surface area contributed by atoms with Crippen molar-refractivity contribution in [2.45, 2.75) is 11.8 Å². The van der Waals surface area contributed by atoms with Crippen molar-refractivity contribution in [2.75, 3.05) is 10.7 Å². The molecule has 0 bridgehead atoms. The number of benzene rings is 3. The van der Waals surface area contributed by atoms with Crippen LogP contribution in [0.3, 0.4) is 0 Å². The highest BCUT2D eigenvalue weighted by molar-refractivity contribution is 7.87. The van der Waals surface area contributed by atoms with Crippen LogP contribution >= 0.6 is 0 Å². The molecule has 0 aliphatic heterocycles. The van der Waals surface area contributed by atoms with Gasteiger partial charge in [0.1, 0.15) is 10.6 Å². The van der Waals surface area contributed by atoms with Crippen LogP contribution in [-0.4, -0.2) is 30.4 Å². The molecule has 35 heavy (non-hydrogen) atoms. The second-order valence-electron chi connectivity index (χ2n) is 6.87. The summed E-state index contributed by atoms with van der Waals surface area (Å²) in [7, 11) is -4.24. The van der Waals surface area contributed by atoms with Gasteiger partial charge in [-0.3, -0.25) is 30.4 Å². The largest absolute Gasteiger partial charge is 0.378 e. The summed E-state index contributed by atoms with van der Waals surface area (Å²) in [6, 6.07) is 14.4. The van der Waals surface area contributed by atoms with Gasteiger partial charge in [-0.05, 0) is 42.5 Å². The minimum Gasteiger partial charge on any atom is -0.378 e. The molecule has 0 aromatic heterocycles. The molecule has 14 heteroatoms. The van der Waals surface area contributed by atoms with E-state index in [1.165, 1.54) is 55.6 Å². The van der Waals surface area contributed by atoms with E-state index in [1.807, 2.05) is 0 Å². The fourth-order valence-electron chi connectivity index (χ4n) is 2.79. The van der Waals surface area contributed by atoms with E-state index >= 15 is 0 Å². The minimum atomic E-state index is -4.24. The second-order valence-corrected chi connectivity index (χ2v) is 8.41. The van der Waals surface area contributed by atoms with Gasteiger partial charge >= 0.3 is 15.8 Å². The smallest absolute Gasteiger partial charge is 0.339 e. The van der Waals surface area contributed by atoms with Gasteiger partial charge in [-0.2, -0.15) is 13.5 Å². The molecule has 0 radical (unpaired) electrons. The maximum Gasteiger partial charge on any atom is 0.339 e. The fraction of sp³-hybridized carbons (Fsp3) is 0.0476. The van der Waals surface area contributed by atoms with Gasteiger partial charge in [-0.15, -0.1) is 0 Å². The van der Waals surface area contributed by atoms with Gasteiger partial charge in [0.25, 0.3) is 5.69 Å². The molecular weight excluding hydrogens is 482 g/mol. The monoisotopic (exact) mass is 499 g/mol. The molecule has 0 spiro atoms. The first-order valence-electron chi connectivity index (χ1n) is 9.70. The van der Waals surface area contributed by atoms with E-state index in [9.17, 15) is 33.4 Å². The molecule has 0 aliphatic carbocycles. The number of carbonyl (C=O) groups excluding carboxylic acids is 1. The average Bonchev–Trinajstić information content (AvgIpc) is 2.80. The Morgan fingerprint density at radius 3 is 2.31 bits per heavy atom. The highest BCUT2D eigenvalue weighted by Crippen LogP contribution is 2.29. The van der Waals surface area contributed by atoms with Gasteiger partial charge in [0.15, 0.2) is 5.75 Å². The number of nitrogens with zero attached hydrogens (tertiary/aromatic N) is 3. The van der Waals surface area contributed by atoms with Gasteiger partial charge in [0.05, 0.1) is 22.1 Å². The highest BCUT2D eigenvalue weighted by Gasteiger charge is 2.20. The van der Waals surface area contributed by atoms with Crippen molar-refractivity contribution in [3.8, 4) is 5.75 Å². The lowest BCUT2D eigenvalue weighted by atomic mass is 10.2. The molecule has 1 amide bonds. The van der Waals surface area contributed by atoms with Gasteiger partial charge in [-0.25, -0.2) is 0 Å². The number of hydrazone groups is 1. The number of carbonyl (C=O) groups is 1. The fourth-order valence-corrected chi connectivity index (χ4v) is 3.74. The number of anilines is 2. The lowest BCUT2D eigenvalue weighted by Crippen LogP contribution is -2.11. The summed E-state index contributed by atoms with van der Waals surface area (Å²) in [6.45, 7) is 1.32. The van der Waals surface area contributed by atoms with Crippen LogP contribution in [0.1, 0.15) is 12.5 Å². The van der Waals surface area contributed by atoms with E-state index in [2.05, 4.69) is 15.8 Å². The Morgan fingerprint density at radius 2 is 1.69 bits per heavy atom. The molecule has 13 nitrogen and oxygen atoms in total. The molecule has 0 heterocycles. The number of rotatable bonds is 9. The summed E-state index contributed by atoms with van der Waals surface area (Å²) in [5.41, 5.74) is 1.92. The van der Waals surface area contributed by atoms with Crippen LogP contribution in [0.25, 0.3) is 0 Å². The van der Waals surface area contributed by atoms with Crippen LogP contribution < -0.4 is 14.9 Å². The lowest BCUT2D eigenvalue weighted by Gasteiger charge is -2.10. The Hall–Kier alpha value is -4.85. The van der Waals surface area contributed by atoms with Crippen LogP contribution in [-0.2, 0) is 14.9 Å². The minimum absolute atomic E-state index is 0.0674. The van der Waals surface area contributed by atoms with Crippen molar-refractivity contribution in [3.05, 3.63) is 92.5 Å². The topological polar surface area (TPSA) is 183 Å². The van der Waals surface area contributed by atoms with Crippen molar-refractivity contribution in [1.82, 2.24) is 0 Å². The quantitative estimate of drug-likeness (QED) is 0.192. The SMILES string of the molecule is CC(=O)Nc1ccc(S(=O)(=O)Oc2ccccc2/C=N\Nc2ccc([N+](=O)[O-])cc2[N+](=O)[O-])cc1. The molecule has 3 aromatic carbocycles. The zero-order chi connectivity index (χ0) is 25.6.